The number of rotatable bonds is 5. The Balaban J connectivity index is 1.38. The normalized spacial score (nSPS) is 18.5. The quantitative estimate of drug-likeness (QED) is 0.606. The van der Waals surface area contributed by atoms with Crippen molar-refractivity contribution < 1.29 is 13.8 Å². The predicted molar refractivity (Wildman–Crippen MR) is 86.8 cm³/mol. The SMILES string of the molecule is O=[N+]([O-])c1cc(F)ccc1N1CCN(Cc2noc(C3CC3)n2)CC1. The van der Waals surface area contributed by atoms with Gasteiger partial charge in [-0.15, -0.1) is 0 Å². The van der Waals surface area contributed by atoms with Crippen LogP contribution in [0.3, 0.4) is 0 Å². The number of hydrogen-bond donors (Lipinski definition) is 0. The summed E-state index contributed by atoms with van der Waals surface area (Å²) >= 11 is 0. The van der Waals surface area contributed by atoms with E-state index in [4.69, 9.17) is 4.52 Å². The lowest BCUT2D eigenvalue weighted by Crippen LogP contribution is -2.46. The lowest BCUT2D eigenvalue weighted by molar-refractivity contribution is -0.384. The van der Waals surface area contributed by atoms with Crippen molar-refractivity contribution in [1.82, 2.24) is 15.0 Å². The molecule has 4 rings (SSSR count). The van der Waals surface area contributed by atoms with Gasteiger partial charge in [0.25, 0.3) is 5.69 Å². The summed E-state index contributed by atoms with van der Waals surface area (Å²) in [6.45, 7) is 3.30. The van der Waals surface area contributed by atoms with E-state index in [1.165, 1.54) is 12.1 Å². The van der Waals surface area contributed by atoms with E-state index in [1.54, 1.807) is 0 Å². The van der Waals surface area contributed by atoms with Crippen LogP contribution in [0.5, 0.6) is 0 Å². The van der Waals surface area contributed by atoms with Crippen LogP contribution >= 0.6 is 0 Å². The van der Waals surface area contributed by atoms with E-state index in [0.29, 0.717) is 37.1 Å². The number of anilines is 1. The van der Waals surface area contributed by atoms with Gasteiger partial charge in [-0.05, 0) is 25.0 Å². The maximum atomic E-state index is 13.3. The maximum absolute atomic E-state index is 13.3. The first-order valence-electron chi connectivity index (χ1n) is 8.34. The van der Waals surface area contributed by atoms with Crippen molar-refractivity contribution in [2.24, 2.45) is 0 Å². The molecule has 0 bridgehead atoms. The topological polar surface area (TPSA) is 88.5 Å². The first-order valence-corrected chi connectivity index (χ1v) is 8.34. The van der Waals surface area contributed by atoms with Crippen LogP contribution in [-0.2, 0) is 6.54 Å². The largest absolute Gasteiger partial charge is 0.363 e. The Bertz CT molecular complexity index is 784. The number of halogens is 1. The molecule has 0 spiro atoms. The maximum Gasteiger partial charge on any atom is 0.295 e. The molecule has 0 amide bonds. The molecule has 25 heavy (non-hydrogen) atoms. The Morgan fingerprint density at radius 1 is 1.28 bits per heavy atom. The van der Waals surface area contributed by atoms with Crippen molar-refractivity contribution >= 4 is 11.4 Å². The Labute approximate surface area is 143 Å². The van der Waals surface area contributed by atoms with E-state index in [9.17, 15) is 14.5 Å². The zero-order valence-electron chi connectivity index (χ0n) is 13.6. The van der Waals surface area contributed by atoms with E-state index in [-0.39, 0.29) is 5.69 Å². The number of aromatic nitrogens is 2. The third-order valence-corrected chi connectivity index (χ3v) is 4.62. The zero-order valence-corrected chi connectivity index (χ0v) is 13.6. The van der Waals surface area contributed by atoms with Gasteiger partial charge < -0.3 is 9.42 Å². The second-order valence-corrected chi connectivity index (χ2v) is 6.48. The third kappa shape index (κ3) is 3.46. The van der Waals surface area contributed by atoms with Crippen LogP contribution in [0.25, 0.3) is 0 Å². The first kappa shape index (κ1) is 15.9. The van der Waals surface area contributed by atoms with Crippen molar-refractivity contribution in [3.63, 3.8) is 0 Å². The van der Waals surface area contributed by atoms with Crippen molar-refractivity contribution in [2.75, 3.05) is 31.1 Å². The van der Waals surface area contributed by atoms with Crippen LogP contribution in [-0.4, -0.2) is 46.1 Å². The summed E-state index contributed by atoms with van der Waals surface area (Å²) in [6, 6.07) is 3.71. The van der Waals surface area contributed by atoms with E-state index >= 15 is 0 Å². The molecule has 9 heteroatoms. The fourth-order valence-corrected chi connectivity index (χ4v) is 3.08. The van der Waals surface area contributed by atoms with Crippen molar-refractivity contribution in [3.05, 3.63) is 45.8 Å². The van der Waals surface area contributed by atoms with Gasteiger partial charge in [-0.25, -0.2) is 4.39 Å². The highest BCUT2D eigenvalue weighted by Gasteiger charge is 2.30. The smallest absolute Gasteiger partial charge is 0.295 e. The van der Waals surface area contributed by atoms with Gasteiger partial charge in [0.2, 0.25) is 5.89 Å². The molecule has 2 aromatic rings. The summed E-state index contributed by atoms with van der Waals surface area (Å²) in [5.41, 5.74) is 0.266. The lowest BCUT2D eigenvalue weighted by Gasteiger charge is -2.35. The minimum atomic E-state index is -0.599. The Hall–Kier alpha value is -2.55. The number of nitrogens with zero attached hydrogens (tertiary/aromatic N) is 5. The van der Waals surface area contributed by atoms with E-state index < -0.39 is 10.7 Å². The third-order valence-electron chi connectivity index (χ3n) is 4.62. The molecule has 1 aliphatic heterocycles. The molecule has 0 N–H and O–H groups in total. The molecule has 1 aliphatic carbocycles. The molecule has 1 aromatic carbocycles. The summed E-state index contributed by atoms with van der Waals surface area (Å²) in [7, 11) is 0. The molecule has 2 heterocycles. The fraction of sp³-hybridized carbons (Fsp3) is 0.500. The van der Waals surface area contributed by atoms with Gasteiger partial charge in [-0.1, -0.05) is 5.16 Å². The molecule has 132 valence electrons. The molecule has 8 nitrogen and oxygen atoms in total. The number of nitro groups is 1. The molecule has 1 saturated heterocycles. The fourth-order valence-electron chi connectivity index (χ4n) is 3.08. The van der Waals surface area contributed by atoms with Crippen LogP contribution in [0.1, 0.15) is 30.5 Å². The van der Waals surface area contributed by atoms with Gasteiger partial charge in [0.05, 0.1) is 17.5 Å². The molecule has 2 fully saturated rings. The van der Waals surface area contributed by atoms with Crippen LogP contribution < -0.4 is 4.90 Å². The average Bonchev–Trinajstić information content (AvgIpc) is 3.35. The summed E-state index contributed by atoms with van der Waals surface area (Å²) in [4.78, 5) is 19.2. The monoisotopic (exact) mass is 347 g/mol. The van der Waals surface area contributed by atoms with E-state index in [1.807, 2.05) is 4.90 Å². The molecular formula is C16H18FN5O3. The second-order valence-electron chi connectivity index (χ2n) is 6.48. The predicted octanol–water partition coefficient (Wildman–Crippen LogP) is 2.32. The highest BCUT2D eigenvalue weighted by Crippen LogP contribution is 2.38. The Morgan fingerprint density at radius 3 is 2.72 bits per heavy atom. The summed E-state index contributed by atoms with van der Waals surface area (Å²) < 4.78 is 18.6. The summed E-state index contributed by atoms with van der Waals surface area (Å²) in [6.07, 6.45) is 2.24. The number of piperazine rings is 1. The lowest BCUT2D eigenvalue weighted by atomic mass is 10.2. The molecule has 0 radical (unpaired) electrons. The number of hydrogen-bond acceptors (Lipinski definition) is 7. The molecule has 1 saturated carbocycles. The standard InChI is InChI=1S/C16H18FN5O3/c17-12-3-4-13(14(9-12)22(23)24)21-7-5-20(6-8-21)10-15-18-16(25-19-15)11-1-2-11/h3-4,9,11H,1-2,5-8,10H2. The Morgan fingerprint density at radius 2 is 2.04 bits per heavy atom. The minimum Gasteiger partial charge on any atom is -0.363 e. The van der Waals surface area contributed by atoms with Gasteiger partial charge >= 0.3 is 0 Å². The highest BCUT2D eigenvalue weighted by molar-refractivity contribution is 5.63. The van der Waals surface area contributed by atoms with E-state index in [2.05, 4.69) is 15.0 Å². The molecule has 2 aliphatic rings. The molecule has 0 unspecified atom stereocenters. The van der Waals surface area contributed by atoms with Crippen LogP contribution in [0, 0.1) is 15.9 Å². The highest BCUT2D eigenvalue weighted by atomic mass is 19.1. The Kier molecular flexibility index (Phi) is 4.08. The van der Waals surface area contributed by atoms with Gasteiger partial charge in [0, 0.05) is 32.1 Å². The summed E-state index contributed by atoms with van der Waals surface area (Å²) in [5.74, 6) is 1.26. The molecule has 0 atom stereocenters. The van der Waals surface area contributed by atoms with Crippen LogP contribution in [0.4, 0.5) is 15.8 Å². The van der Waals surface area contributed by atoms with Crippen LogP contribution in [0.15, 0.2) is 22.7 Å². The average molecular weight is 347 g/mol. The van der Waals surface area contributed by atoms with E-state index in [0.717, 1.165) is 37.9 Å². The number of nitro benzene ring substituents is 1. The van der Waals surface area contributed by atoms with Crippen molar-refractivity contribution in [2.45, 2.75) is 25.3 Å². The molecule has 1 aromatic heterocycles. The minimum absolute atomic E-state index is 0.194. The number of benzene rings is 1. The first-order chi connectivity index (χ1) is 12.1. The zero-order chi connectivity index (χ0) is 17.4. The molecular weight excluding hydrogens is 329 g/mol. The van der Waals surface area contributed by atoms with Gasteiger partial charge in [-0.3, -0.25) is 15.0 Å². The van der Waals surface area contributed by atoms with Crippen LogP contribution in [0.2, 0.25) is 0 Å². The van der Waals surface area contributed by atoms with Crippen molar-refractivity contribution in [3.8, 4) is 0 Å². The van der Waals surface area contributed by atoms with Gasteiger partial charge in [0.1, 0.15) is 11.5 Å². The van der Waals surface area contributed by atoms with Crippen molar-refractivity contribution in [1.29, 1.82) is 0 Å². The van der Waals surface area contributed by atoms with Gasteiger partial charge in [0.15, 0.2) is 5.82 Å². The summed E-state index contributed by atoms with van der Waals surface area (Å²) in [5, 5.41) is 15.2. The second kappa shape index (κ2) is 6.40. The van der Waals surface area contributed by atoms with Gasteiger partial charge in [-0.2, -0.15) is 4.98 Å².